The van der Waals surface area contributed by atoms with E-state index in [0.29, 0.717) is 23.4 Å². The van der Waals surface area contributed by atoms with E-state index in [4.69, 9.17) is 9.47 Å². The second kappa shape index (κ2) is 6.91. The van der Waals surface area contributed by atoms with Gasteiger partial charge in [0.2, 0.25) is 5.88 Å². The highest BCUT2D eigenvalue weighted by molar-refractivity contribution is 5.92. The van der Waals surface area contributed by atoms with E-state index in [1.165, 1.54) is 19.8 Å². The van der Waals surface area contributed by atoms with Gasteiger partial charge in [-0.1, -0.05) is 30.3 Å². The van der Waals surface area contributed by atoms with Gasteiger partial charge in [0, 0.05) is 18.5 Å². The van der Waals surface area contributed by atoms with Crippen LogP contribution in [0, 0.1) is 0 Å². The summed E-state index contributed by atoms with van der Waals surface area (Å²) in [5, 5.41) is 0. The molecular weight excluding hydrogens is 304 g/mol. The first-order valence-electron chi connectivity index (χ1n) is 8.10. The zero-order valence-corrected chi connectivity index (χ0v) is 14.2. The Balaban J connectivity index is 1.86. The second-order valence-electron chi connectivity index (χ2n) is 5.96. The summed E-state index contributed by atoms with van der Waals surface area (Å²) < 4.78 is 10.0. The Kier molecular flexibility index (Phi) is 4.69. The van der Waals surface area contributed by atoms with Gasteiger partial charge in [0.15, 0.2) is 0 Å². The van der Waals surface area contributed by atoms with Crippen LogP contribution in [0.2, 0.25) is 0 Å². The summed E-state index contributed by atoms with van der Waals surface area (Å²) in [5.74, 6) is 1.15. The number of carbonyl (C=O) groups is 1. The Bertz CT molecular complexity index is 718. The third-order valence-electron chi connectivity index (χ3n) is 4.72. The number of esters is 1. The highest BCUT2D eigenvalue weighted by Crippen LogP contribution is 2.36. The monoisotopic (exact) mass is 326 g/mol. The maximum absolute atomic E-state index is 11.8. The summed E-state index contributed by atoms with van der Waals surface area (Å²) in [6.07, 6.45) is 1.08. The van der Waals surface area contributed by atoms with Gasteiger partial charge in [-0.05, 0) is 31.0 Å². The second-order valence-corrected chi connectivity index (χ2v) is 5.96. The number of aromatic nitrogens is 1. The van der Waals surface area contributed by atoms with Crippen LogP contribution < -0.4 is 9.64 Å². The largest absolute Gasteiger partial charge is 0.480 e. The van der Waals surface area contributed by atoms with Crippen molar-refractivity contribution in [2.24, 2.45) is 0 Å². The summed E-state index contributed by atoms with van der Waals surface area (Å²) in [7, 11) is 2.86. The fraction of sp³-hybridized carbons (Fsp3) is 0.368. The van der Waals surface area contributed by atoms with Crippen LogP contribution in [-0.4, -0.2) is 37.8 Å². The van der Waals surface area contributed by atoms with Gasteiger partial charge >= 0.3 is 5.97 Å². The minimum absolute atomic E-state index is 0.301. The number of ether oxygens (including phenoxy) is 2. The van der Waals surface area contributed by atoms with Crippen molar-refractivity contribution in [3.8, 4) is 5.88 Å². The van der Waals surface area contributed by atoms with Crippen molar-refractivity contribution in [2.75, 3.05) is 25.7 Å². The molecule has 0 aliphatic carbocycles. The van der Waals surface area contributed by atoms with Crippen LogP contribution in [0.1, 0.15) is 35.2 Å². The Morgan fingerprint density at radius 3 is 2.58 bits per heavy atom. The molecule has 2 atom stereocenters. The summed E-state index contributed by atoms with van der Waals surface area (Å²) in [4.78, 5) is 18.6. The fourth-order valence-corrected chi connectivity index (χ4v) is 3.42. The van der Waals surface area contributed by atoms with Crippen molar-refractivity contribution >= 4 is 11.8 Å². The van der Waals surface area contributed by atoms with Crippen LogP contribution in [0.3, 0.4) is 0 Å². The molecule has 0 spiro atoms. The lowest BCUT2D eigenvalue weighted by molar-refractivity contribution is 0.0596. The van der Waals surface area contributed by atoms with Crippen molar-refractivity contribution < 1.29 is 14.3 Å². The standard InChI is InChI=1S/C19H22N2O3/c1-13-15(14-7-5-4-6-8-14)11-12-21(13)17-10-9-16(19(22)24-3)18(20-17)23-2/h4-10,13,15H,11-12H2,1-3H3. The van der Waals surface area contributed by atoms with E-state index in [0.717, 1.165) is 18.8 Å². The topological polar surface area (TPSA) is 51.7 Å². The lowest BCUT2D eigenvalue weighted by atomic mass is 9.93. The highest BCUT2D eigenvalue weighted by atomic mass is 16.5. The minimum atomic E-state index is -0.442. The van der Waals surface area contributed by atoms with Gasteiger partial charge in [-0.15, -0.1) is 0 Å². The van der Waals surface area contributed by atoms with Gasteiger partial charge in [-0.25, -0.2) is 4.79 Å². The molecule has 1 aliphatic heterocycles. The quantitative estimate of drug-likeness (QED) is 0.807. The molecule has 0 bridgehead atoms. The number of hydrogen-bond donors (Lipinski definition) is 0. The number of rotatable bonds is 4. The maximum Gasteiger partial charge on any atom is 0.343 e. The molecule has 1 fully saturated rings. The van der Waals surface area contributed by atoms with Crippen LogP contribution in [-0.2, 0) is 4.74 Å². The average Bonchev–Trinajstić information content (AvgIpc) is 3.02. The number of nitrogens with zero attached hydrogens (tertiary/aromatic N) is 2. The molecule has 2 unspecified atom stereocenters. The summed E-state index contributed by atoms with van der Waals surface area (Å²) >= 11 is 0. The normalized spacial score (nSPS) is 20.0. The van der Waals surface area contributed by atoms with E-state index in [-0.39, 0.29) is 0 Å². The Morgan fingerprint density at radius 2 is 1.92 bits per heavy atom. The number of methoxy groups -OCH3 is 2. The summed E-state index contributed by atoms with van der Waals surface area (Å²) in [6.45, 7) is 3.14. The molecule has 126 valence electrons. The number of carbonyl (C=O) groups excluding carboxylic acids is 1. The van der Waals surface area contributed by atoms with Gasteiger partial charge in [0.05, 0.1) is 14.2 Å². The zero-order chi connectivity index (χ0) is 17.1. The molecule has 24 heavy (non-hydrogen) atoms. The molecule has 0 N–H and O–H groups in total. The van der Waals surface area contributed by atoms with Gasteiger partial charge in [0.25, 0.3) is 0 Å². The highest BCUT2D eigenvalue weighted by Gasteiger charge is 2.33. The third kappa shape index (κ3) is 2.94. The van der Waals surface area contributed by atoms with E-state index in [1.807, 2.05) is 12.1 Å². The molecule has 2 aromatic rings. The first-order chi connectivity index (χ1) is 11.7. The maximum atomic E-state index is 11.8. The molecule has 1 aromatic heterocycles. The average molecular weight is 326 g/mol. The number of pyridine rings is 1. The van der Waals surface area contributed by atoms with Crippen LogP contribution in [0.4, 0.5) is 5.82 Å². The number of hydrogen-bond acceptors (Lipinski definition) is 5. The first-order valence-corrected chi connectivity index (χ1v) is 8.10. The molecule has 3 rings (SSSR count). The van der Waals surface area contributed by atoms with Crippen LogP contribution in [0.5, 0.6) is 5.88 Å². The number of anilines is 1. The van der Waals surface area contributed by atoms with E-state index in [9.17, 15) is 4.79 Å². The van der Waals surface area contributed by atoms with E-state index < -0.39 is 5.97 Å². The molecule has 5 nitrogen and oxygen atoms in total. The molecule has 5 heteroatoms. The Labute approximate surface area is 142 Å². The first kappa shape index (κ1) is 16.3. The van der Waals surface area contributed by atoms with Crippen molar-refractivity contribution in [2.45, 2.75) is 25.3 Å². The Hall–Kier alpha value is -2.56. The summed E-state index contributed by atoms with van der Waals surface area (Å²) in [6, 6.07) is 14.5. The van der Waals surface area contributed by atoms with Gasteiger partial charge in [-0.3, -0.25) is 0 Å². The third-order valence-corrected chi connectivity index (χ3v) is 4.72. The predicted octanol–water partition coefficient (Wildman–Crippen LogP) is 3.26. The van der Waals surface area contributed by atoms with Gasteiger partial charge < -0.3 is 14.4 Å². The van der Waals surface area contributed by atoms with E-state index in [1.54, 1.807) is 6.07 Å². The smallest absolute Gasteiger partial charge is 0.343 e. The Morgan fingerprint density at radius 1 is 1.17 bits per heavy atom. The molecule has 0 saturated carbocycles. The molecule has 1 saturated heterocycles. The number of benzene rings is 1. The van der Waals surface area contributed by atoms with Crippen molar-refractivity contribution in [1.82, 2.24) is 4.98 Å². The molecule has 0 amide bonds. The zero-order valence-electron chi connectivity index (χ0n) is 14.2. The van der Waals surface area contributed by atoms with Crippen LogP contribution in [0.25, 0.3) is 0 Å². The van der Waals surface area contributed by atoms with Crippen LogP contribution >= 0.6 is 0 Å². The molecule has 1 aromatic carbocycles. The molecular formula is C19H22N2O3. The van der Waals surface area contributed by atoms with Gasteiger partial charge in [0.1, 0.15) is 11.4 Å². The van der Waals surface area contributed by atoms with Crippen LogP contribution in [0.15, 0.2) is 42.5 Å². The summed E-state index contributed by atoms with van der Waals surface area (Å²) in [5.41, 5.74) is 1.70. The molecule has 1 aliphatic rings. The molecule has 2 heterocycles. The van der Waals surface area contributed by atoms with Gasteiger partial charge in [-0.2, -0.15) is 4.98 Å². The SMILES string of the molecule is COC(=O)c1ccc(N2CCC(c3ccccc3)C2C)nc1OC. The lowest BCUT2D eigenvalue weighted by Crippen LogP contribution is -2.30. The van der Waals surface area contributed by atoms with Crippen molar-refractivity contribution in [1.29, 1.82) is 0 Å². The van der Waals surface area contributed by atoms with Crippen molar-refractivity contribution in [3.63, 3.8) is 0 Å². The van der Waals surface area contributed by atoms with E-state index >= 15 is 0 Å². The lowest BCUT2D eigenvalue weighted by Gasteiger charge is -2.26. The van der Waals surface area contributed by atoms with E-state index in [2.05, 4.69) is 41.1 Å². The molecule has 0 radical (unpaired) electrons. The predicted molar refractivity (Wildman–Crippen MR) is 92.7 cm³/mol. The minimum Gasteiger partial charge on any atom is -0.480 e. The van der Waals surface area contributed by atoms with Crippen molar-refractivity contribution in [3.05, 3.63) is 53.6 Å². The fourth-order valence-electron chi connectivity index (χ4n) is 3.42.